The lowest BCUT2D eigenvalue weighted by molar-refractivity contribution is 0.0887. The number of nitrogens with one attached hydrogen (secondary N) is 3. The number of rotatable bonds is 4. The van der Waals surface area contributed by atoms with Crippen LogP contribution in [0.1, 0.15) is 74.6 Å². The minimum Gasteiger partial charge on any atom is -0.348 e. The van der Waals surface area contributed by atoms with Crippen LogP contribution in [-0.4, -0.2) is 28.7 Å². The summed E-state index contributed by atoms with van der Waals surface area (Å²) >= 11 is 0. The Labute approximate surface area is 139 Å². The second kappa shape index (κ2) is 6.63. The van der Waals surface area contributed by atoms with E-state index in [1.165, 1.54) is 19.3 Å². The normalized spacial score (nSPS) is 25.0. The molecule has 0 spiro atoms. The number of hydrogen-bond acceptors (Lipinski definition) is 3. The highest BCUT2D eigenvalue weighted by Crippen LogP contribution is 2.40. The zero-order chi connectivity index (χ0) is 16.4. The molecule has 0 atom stereocenters. The van der Waals surface area contributed by atoms with Crippen molar-refractivity contribution in [1.82, 2.24) is 20.8 Å². The largest absolute Gasteiger partial charge is 0.348 e. The molecule has 0 radical (unpaired) electrons. The Morgan fingerprint density at radius 1 is 1.30 bits per heavy atom. The quantitative estimate of drug-likeness (QED) is 0.799. The highest BCUT2D eigenvalue weighted by Gasteiger charge is 2.32. The fraction of sp³-hybridized carbons (Fsp3) is 0.778. The molecule has 1 aromatic heterocycles. The molecule has 1 aliphatic carbocycles. The van der Waals surface area contributed by atoms with Crippen LogP contribution >= 0.6 is 0 Å². The molecule has 5 heteroatoms. The van der Waals surface area contributed by atoms with Crippen LogP contribution < -0.4 is 10.6 Å². The van der Waals surface area contributed by atoms with Crippen molar-refractivity contribution in [1.29, 1.82) is 0 Å². The summed E-state index contributed by atoms with van der Waals surface area (Å²) in [7, 11) is 0. The zero-order valence-corrected chi connectivity index (χ0v) is 14.7. The molecular weight excluding hydrogens is 288 g/mol. The molecule has 0 bridgehead atoms. The maximum atomic E-state index is 12.6. The van der Waals surface area contributed by atoms with Gasteiger partial charge in [-0.05, 0) is 37.0 Å². The van der Waals surface area contributed by atoms with E-state index in [0.717, 1.165) is 49.5 Å². The van der Waals surface area contributed by atoms with Crippen LogP contribution in [0.3, 0.4) is 0 Å². The number of carbonyl (C=O) groups is 1. The number of aromatic amines is 1. The van der Waals surface area contributed by atoms with E-state index in [9.17, 15) is 4.79 Å². The summed E-state index contributed by atoms with van der Waals surface area (Å²) in [6.07, 6.45) is 6.75. The third-order valence-electron chi connectivity index (χ3n) is 6.10. The third-order valence-corrected chi connectivity index (χ3v) is 6.10. The molecule has 1 aromatic rings. The molecule has 1 fully saturated rings. The van der Waals surface area contributed by atoms with Crippen LogP contribution in [0.15, 0.2) is 0 Å². The number of carbonyl (C=O) groups excluding carboxylic acids is 1. The Morgan fingerprint density at radius 2 is 2.04 bits per heavy atom. The van der Waals surface area contributed by atoms with Gasteiger partial charge in [0.1, 0.15) is 0 Å². The van der Waals surface area contributed by atoms with Crippen molar-refractivity contribution in [2.75, 3.05) is 6.54 Å². The predicted octanol–water partition coefficient (Wildman–Crippen LogP) is 2.78. The molecule has 2 heterocycles. The Balaban J connectivity index is 1.57. The lowest BCUT2D eigenvalue weighted by Crippen LogP contribution is -2.40. The first-order chi connectivity index (χ1) is 11.0. The molecule has 23 heavy (non-hydrogen) atoms. The summed E-state index contributed by atoms with van der Waals surface area (Å²) < 4.78 is 0. The van der Waals surface area contributed by atoms with Crippen LogP contribution in [0.25, 0.3) is 0 Å². The second-order valence-electron chi connectivity index (χ2n) is 7.82. The summed E-state index contributed by atoms with van der Waals surface area (Å²) in [6, 6.07) is 0.301. The van der Waals surface area contributed by atoms with Crippen molar-refractivity contribution in [2.24, 2.45) is 11.3 Å². The monoisotopic (exact) mass is 318 g/mol. The topological polar surface area (TPSA) is 69.8 Å². The van der Waals surface area contributed by atoms with E-state index >= 15 is 0 Å². The zero-order valence-electron chi connectivity index (χ0n) is 14.7. The number of H-pyrrole nitrogens is 1. The fourth-order valence-corrected chi connectivity index (χ4v) is 3.97. The highest BCUT2D eigenvalue weighted by atomic mass is 16.2. The number of hydrogen-bond donors (Lipinski definition) is 3. The molecule has 3 N–H and O–H groups in total. The van der Waals surface area contributed by atoms with Gasteiger partial charge in [0.15, 0.2) is 5.69 Å². The van der Waals surface area contributed by atoms with E-state index in [1.807, 2.05) is 0 Å². The summed E-state index contributed by atoms with van der Waals surface area (Å²) in [5.41, 5.74) is 3.17. The van der Waals surface area contributed by atoms with Crippen molar-refractivity contribution >= 4 is 5.91 Å². The molecule has 0 saturated heterocycles. The van der Waals surface area contributed by atoms with E-state index in [1.54, 1.807) is 0 Å². The van der Waals surface area contributed by atoms with Gasteiger partial charge in [-0.15, -0.1) is 0 Å². The van der Waals surface area contributed by atoms with Crippen LogP contribution in [0.5, 0.6) is 0 Å². The molecule has 5 nitrogen and oxygen atoms in total. The van der Waals surface area contributed by atoms with E-state index < -0.39 is 0 Å². The van der Waals surface area contributed by atoms with Crippen LogP contribution in [0, 0.1) is 11.3 Å². The first-order valence-corrected chi connectivity index (χ1v) is 9.09. The first kappa shape index (κ1) is 16.5. The summed E-state index contributed by atoms with van der Waals surface area (Å²) in [5.74, 6) is 0.771. The van der Waals surface area contributed by atoms with Crippen LogP contribution in [0.2, 0.25) is 0 Å². The van der Waals surface area contributed by atoms with Gasteiger partial charge in [-0.3, -0.25) is 9.89 Å². The standard InChI is InChI=1S/C18H30N4O/c1-4-18(2,3)12-5-7-13(8-6-12)20-17(23)16-14-11-19-10-9-15(14)21-22-16/h12-13,19H,4-11H2,1-3H3,(H,20,23)(H,21,22). The average molecular weight is 318 g/mol. The fourth-order valence-electron chi connectivity index (χ4n) is 3.97. The lowest BCUT2D eigenvalue weighted by atomic mass is 9.69. The molecule has 128 valence electrons. The Kier molecular flexibility index (Phi) is 4.76. The Hall–Kier alpha value is -1.36. The molecule has 3 rings (SSSR count). The van der Waals surface area contributed by atoms with Gasteiger partial charge in [-0.2, -0.15) is 5.10 Å². The van der Waals surface area contributed by atoms with Gasteiger partial charge in [-0.25, -0.2) is 0 Å². The predicted molar refractivity (Wildman–Crippen MR) is 91.3 cm³/mol. The van der Waals surface area contributed by atoms with Crippen molar-refractivity contribution in [3.63, 3.8) is 0 Å². The Bertz CT molecular complexity index is 555. The van der Waals surface area contributed by atoms with Crippen molar-refractivity contribution < 1.29 is 4.79 Å². The van der Waals surface area contributed by atoms with Gasteiger partial charge >= 0.3 is 0 Å². The third kappa shape index (κ3) is 3.44. The number of fused-ring (bicyclic) bond motifs is 1. The van der Waals surface area contributed by atoms with E-state index in [-0.39, 0.29) is 5.91 Å². The molecule has 1 amide bonds. The average Bonchev–Trinajstić information content (AvgIpc) is 2.99. The smallest absolute Gasteiger partial charge is 0.272 e. The van der Waals surface area contributed by atoms with Crippen molar-refractivity contribution in [2.45, 2.75) is 71.9 Å². The van der Waals surface area contributed by atoms with E-state index in [2.05, 4.69) is 41.6 Å². The second-order valence-corrected chi connectivity index (χ2v) is 7.82. The minimum absolute atomic E-state index is 0.00981. The van der Waals surface area contributed by atoms with Crippen LogP contribution in [-0.2, 0) is 13.0 Å². The van der Waals surface area contributed by atoms with Crippen LogP contribution in [0.4, 0.5) is 0 Å². The van der Waals surface area contributed by atoms with Gasteiger partial charge in [0, 0.05) is 36.8 Å². The van der Waals surface area contributed by atoms with Gasteiger partial charge in [-0.1, -0.05) is 27.2 Å². The van der Waals surface area contributed by atoms with Gasteiger partial charge in [0.25, 0.3) is 5.91 Å². The molecular formula is C18H30N4O. The van der Waals surface area contributed by atoms with Crippen molar-refractivity contribution in [3.8, 4) is 0 Å². The maximum Gasteiger partial charge on any atom is 0.272 e. The Morgan fingerprint density at radius 3 is 2.74 bits per heavy atom. The first-order valence-electron chi connectivity index (χ1n) is 9.09. The SMILES string of the molecule is CCC(C)(C)C1CCC(NC(=O)c2n[nH]c3c2CNCC3)CC1. The number of aromatic nitrogens is 2. The summed E-state index contributed by atoms with van der Waals surface area (Å²) in [4.78, 5) is 12.6. The van der Waals surface area contributed by atoms with Gasteiger partial charge in [0.05, 0.1) is 0 Å². The molecule has 0 unspecified atom stereocenters. The highest BCUT2D eigenvalue weighted by molar-refractivity contribution is 5.94. The van der Waals surface area contributed by atoms with Gasteiger partial charge in [0.2, 0.25) is 0 Å². The number of amides is 1. The maximum absolute atomic E-state index is 12.6. The number of nitrogens with zero attached hydrogens (tertiary/aromatic N) is 1. The van der Waals surface area contributed by atoms with Crippen molar-refractivity contribution in [3.05, 3.63) is 17.0 Å². The molecule has 0 aromatic carbocycles. The van der Waals surface area contributed by atoms with Gasteiger partial charge < -0.3 is 10.6 Å². The minimum atomic E-state index is -0.00981. The van der Waals surface area contributed by atoms with E-state index in [4.69, 9.17) is 0 Å². The lowest BCUT2D eigenvalue weighted by Gasteiger charge is -2.39. The molecule has 1 aliphatic heterocycles. The molecule has 1 saturated carbocycles. The van der Waals surface area contributed by atoms with E-state index in [0.29, 0.717) is 17.2 Å². The molecule has 2 aliphatic rings. The summed E-state index contributed by atoms with van der Waals surface area (Å²) in [5, 5.41) is 13.8. The summed E-state index contributed by atoms with van der Waals surface area (Å²) in [6.45, 7) is 8.72.